The van der Waals surface area contributed by atoms with Gasteiger partial charge in [-0.15, -0.1) is 10.2 Å². The molecule has 0 fully saturated rings. The summed E-state index contributed by atoms with van der Waals surface area (Å²) < 4.78 is 41.4. The first-order chi connectivity index (χ1) is 15.3. The molecule has 32 heavy (non-hydrogen) atoms. The van der Waals surface area contributed by atoms with Crippen LogP contribution >= 0.6 is 11.6 Å². The lowest BCUT2D eigenvalue weighted by atomic mass is 10.2. The third-order valence-corrected chi connectivity index (χ3v) is 6.76. The van der Waals surface area contributed by atoms with Gasteiger partial charge in [0.2, 0.25) is 16.0 Å². The van der Waals surface area contributed by atoms with Crippen molar-refractivity contribution in [2.45, 2.75) is 31.2 Å². The van der Waals surface area contributed by atoms with Crippen LogP contribution in [0.15, 0.2) is 42.7 Å². The molecule has 172 valence electrons. The molecule has 0 radical (unpaired) electrons. The van der Waals surface area contributed by atoms with E-state index in [1.165, 1.54) is 26.4 Å². The first-order valence-corrected chi connectivity index (χ1v) is 11.7. The van der Waals surface area contributed by atoms with Crippen LogP contribution in [0.3, 0.4) is 0 Å². The highest BCUT2D eigenvalue weighted by molar-refractivity contribution is 7.93. The predicted octanol–water partition coefficient (Wildman–Crippen LogP) is 3.11. The quantitative estimate of drug-likeness (QED) is 0.469. The van der Waals surface area contributed by atoms with E-state index in [0.29, 0.717) is 17.5 Å². The zero-order valence-electron chi connectivity index (χ0n) is 18.1. The molecule has 0 saturated carbocycles. The standard InChI is InChI=1S/C20H25ClN6O4S/c1-13(12-30-3)27-19(15-8-6-5-7-9-15)24-25-20(27)26-32(28,29)14(2)17(31-4)18-22-10-16(21)11-23-18/h5-11,13-14,17H,12H2,1-4H3,(H,25,26). The van der Waals surface area contributed by atoms with Crippen molar-refractivity contribution >= 4 is 27.6 Å². The van der Waals surface area contributed by atoms with Crippen LogP contribution < -0.4 is 4.72 Å². The summed E-state index contributed by atoms with van der Waals surface area (Å²) in [5, 5.41) is 7.63. The fourth-order valence-corrected chi connectivity index (χ4v) is 4.47. The number of rotatable bonds is 10. The largest absolute Gasteiger partial charge is 0.383 e. The van der Waals surface area contributed by atoms with Crippen molar-refractivity contribution < 1.29 is 17.9 Å². The van der Waals surface area contributed by atoms with Gasteiger partial charge >= 0.3 is 0 Å². The molecule has 3 aromatic rings. The molecule has 0 aliphatic heterocycles. The predicted molar refractivity (Wildman–Crippen MR) is 121 cm³/mol. The summed E-state index contributed by atoms with van der Waals surface area (Å²) >= 11 is 5.84. The number of nitrogens with one attached hydrogen (secondary N) is 1. The highest BCUT2D eigenvalue weighted by Crippen LogP contribution is 2.28. The number of ether oxygens (including phenoxy) is 2. The van der Waals surface area contributed by atoms with Crippen LogP contribution in [-0.4, -0.2) is 59.2 Å². The van der Waals surface area contributed by atoms with Crippen LogP contribution in [0.4, 0.5) is 5.95 Å². The number of benzene rings is 1. The lowest BCUT2D eigenvalue weighted by Gasteiger charge is -2.23. The fourth-order valence-electron chi connectivity index (χ4n) is 3.24. The molecule has 0 bridgehead atoms. The number of anilines is 1. The Bertz CT molecular complexity index is 1120. The molecule has 0 aliphatic carbocycles. The molecular formula is C20H25ClN6O4S. The van der Waals surface area contributed by atoms with E-state index >= 15 is 0 Å². The summed E-state index contributed by atoms with van der Waals surface area (Å²) in [5.74, 6) is 0.797. The lowest BCUT2D eigenvalue weighted by molar-refractivity contribution is 0.0950. The summed E-state index contributed by atoms with van der Waals surface area (Å²) in [6, 6.07) is 9.14. The molecule has 3 unspecified atom stereocenters. The Balaban J connectivity index is 1.95. The molecular weight excluding hydrogens is 456 g/mol. The van der Waals surface area contributed by atoms with E-state index in [4.69, 9.17) is 21.1 Å². The first-order valence-electron chi connectivity index (χ1n) is 9.79. The van der Waals surface area contributed by atoms with Crippen molar-refractivity contribution in [2.24, 2.45) is 0 Å². The minimum Gasteiger partial charge on any atom is -0.383 e. The van der Waals surface area contributed by atoms with Gasteiger partial charge in [-0.2, -0.15) is 0 Å². The number of aromatic nitrogens is 5. The van der Waals surface area contributed by atoms with E-state index in [0.717, 1.165) is 5.56 Å². The maximum absolute atomic E-state index is 13.2. The molecule has 1 aromatic carbocycles. The average molecular weight is 481 g/mol. The smallest absolute Gasteiger partial charge is 0.240 e. The van der Waals surface area contributed by atoms with E-state index < -0.39 is 21.4 Å². The van der Waals surface area contributed by atoms with Crippen molar-refractivity contribution in [3.8, 4) is 11.4 Å². The minimum absolute atomic E-state index is 0.0760. The molecule has 0 amide bonds. The van der Waals surface area contributed by atoms with Gasteiger partial charge < -0.3 is 9.47 Å². The van der Waals surface area contributed by atoms with Crippen LogP contribution in [0.5, 0.6) is 0 Å². The Morgan fingerprint density at radius 3 is 2.34 bits per heavy atom. The van der Waals surface area contributed by atoms with E-state index in [2.05, 4.69) is 24.9 Å². The van der Waals surface area contributed by atoms with Gasteiger partial charge in [0, 0.05) is 32.2 Å². The monoisotopic (exact) mass is 480 g/mol. The molecule has 0 aliphatic rings. The maximum atomic E-state index is 13.2. The number of nitrogens with zero attached hydrogens (tertiary/aromatic N) is 5. The third-order valence-electron chi connectivity index (χ3n) is 4.87. The number of halogens is 1. The average Bonchev–Trinajstić information content (AvgIpc) is 3.19. The number of hydrogen-bond acceptors (Lipinski definition) is 8. The van der Waals surface area contributed by atoms with Crippen LogP contribution in [0, 0.1) is 0 Å². The van der Waals surface area contributed by atoms with Crippen molar-refractivity contribution in [3.63, 3.8) is 0 Å². The molecule has 0 spiro atoms. The Kier molecular flexibility index (Phi) is 7.77. The minimum atomic E-state index is -3.97. The Labute approximate surface area is 192 Å². The Morgan fingerprint density at radius 2 is 1.75 bits per heavy atom. The summed E-state index contributed by atoms with van der Waals surface area (Å²) in [7, 11) is -1.01. The highest BCUT2D eigenvalue weighted by atomic mass is 35.5. The second-order valence-corrected chi connectivity index (χ2v) is 9.63. The van der Waals surface area contributed by atoms with E-state index in [-0.39, 0.29) is 17.8 Å². The molecule has 3 atom stereocenters. The molecule has 2 aromatic heterocycles. The van der Waals surface area contributed by atoms with Crippen molar-refractivity contribution in [1.82, 2.24) is 24.7 Å². The third kappa shape index (κ3) is 5.23. The zero-order valence-corrected chi connectivity index (χ0v) is 19.7. The summed E-state index contributed by atoms with van der Waals surface area (Å²) in [6.45, 7) is 3.73. The van der Waals surface area contributed by atoms with Crippen molar-refractivity contribution in [2.75, 3.05) is 25.5 Å². The second-order valence-electron chi connectivity index (χ2n) is 7.16. The van der Waals surface area contributed by atoms with Crippen LogP contribution in [0.25, 0.3) is 11.4 Å². The highest BCUT2D eigenvalue weighted by Gasteiger charge is 2.34. The topological polar surface area (TPSA) is 121 Å². The van der Waals surface area contributed by atoms with Gasteiger partial charge in [0.05, 0.1) is 17.7 Å². The van der Waals surface area contributed by atoms with Crippen molar-refractivity contribution in [3.05, 3.63) is 53.6 Å². The van der Waals surface area contributed by atoms with Gasteiger partial charge in [-0.05, 0) is 13.8 Å². The van der Waals surface area contributed by atoms with Crippen molar-refractivity contribution in [1.29, 1.82) is 0 Å². The molecule has 0 saturated heterocycles. The summed E-state index contributed by atoms with van der Waals surface area (Å²) in [4.78, 5) is 8.19. The Morgan fingerprint density at radius 1 is 1.09 bits per heavy atom. The van der Waals surface area contributed by atoms with Crippen LogP contribution in [0.1, 0.15) is 31.8 Å². The molecule has 10 nitrogen and oxygen atoms in total. The lowest BCUT2D eigenvalue weighted by Crippen LogP contribution is -2.34. The summed E-state index contributed by atoms with van der Waals surface area (Å²) in [6.07, 6.45) is 1.85. The van der Waals surface area contributed by atoms with Gasteiger partial charge in [0.25, 0.3) is 0 Å². The van der Waals surface area contributed by atoms with Gasteiger partial charge in [-0.25, -0.2) is 18.4 Å². The molecule has 3 rings (SSSR count). The maximum Gasteiger partial charge on any atom is 0.240 e. The SMILES string of the molecule is COCC(C)n1c(NS(=O)(=O)C(C)C(OC)c2ncc(Cl)cn2)nnc1-c1ccccc1. The fraction of sp³-hybridized carbons (Fsp3) is 0.400. The van der Waals surface area contributed by atoms with Gasteiger partial charge in [-0.3, -0.25) is 9.29 Å². The van der Waals surface area contributed by atoms with Crippen LogP contribution in [0.2, 0.25) is 5.02 Å². The van der Waals surface area contributed by atoms with E-state index in [9.17, 15) is 8.42 Å². The first kappa shape index (κ1) is 24.1. The Hall–Kier alpha value is -2.60. The van der Waals surface area contributed by atoms with E-state index in [1.54, 1.807) is 11.7 Å². The second kappa shape index (κ2) is 10.3. The zero-order chi connectivity index (χ0) is 23.3. The number of methoxy groups -OCH3 is 2. The van der Waals surface area contributed by atoms with Gasteiger partial charge in [0.15, 0.2) is 11.6 Å². The van der Waals surface area contributed by atoms with Gasteiger partial charge in [-0.1, -0.05) is 41.9 Å². The molecule has 1 N–H and O–H groups in total. The molecule has 12 heteroatoms. The number of hydrogen-bond donors (Lipinski definition) is 1. The van der Waals surface area contributed by atoms with Crippen LogP contribution in [-0.2, 0) is 19.5 Å². The normalized spacial score (nSPS) is 14.7. The van der Waals surface area contributed by atoms with Gasteiger partial charge in [0.1, 0.15) is 11.4 Å². The van der Waals surface area contributed by atoms with E-state index in [1.807, 2.05) is 37.3 Å². The summed E-state index contributed by atoms with van der Waals surface area (Å²) in [5.41, 5.74) is 0.797. The molecule has 2 heterocycles. The number of sulfonamides is 1.